The maximum atomic E-state index is 16.9. The first-order valence-corrected chi connectivity index (χ1v) is 16.3. The van der Waals surface area contributed by atoms with E-state index >= 15 is 4.39 Å². The third-order valence-corrected chi connectivity index (χ3v) is 10.1. The van der Waals surface area contributed by atoms with Gasteiger partial charge in [0.05, 0.1) is 31.0 Å². The molecule has 8 nitrogen and oxygen atoms in total. The van der Waals surface area contributed by atoms with Gasteiger partial charge in [0.1, 0.15) is 18.5 Å². The molecule has 0 saturated carbocycles. The summed E-state index contributed by atoms with van der Waals surface area (Å²) in [5, 5.41) is 19.6. The largest absolute Gasteiger partial charge is 0.476 e. The number of likely N-dealkylation sites (N-methyl/N-ethyl adjacent to an activating group) is 1. The molecule has 0 radical (unpaired) electrons. The van der Waals surface area contributed by atoms with Crippen LogP contribution in [-0.4, -0.2) is 84.5 Å². The molecule has 0 spiro atoms. The van der Waals surface area contributed by atoms with E-state index in [-0.39, 0.29) is 43.7 Å². The van der Waals surface area contributed by atoms with Gasteiger partial charge in [-0.2, -0.15) is 10.5 Å². The molecule has 3 aliphatic heterocycles. The molecular formula is C36H40F2N6O2. The van der Waals surface area contributed by atoms with E-state index in [0.717, 1.165) is 50.6 Å². The van der Waals surface area contributed by atoms with Gasteiger partial charge >= 0.3 is 0 Å². The minimum Gasteiger partial charge on any atom is -0.476 e. The number of halogens is 2. The number of dihydropyridines is 1. The van der Waals surface area contributed by atoms with Crippen molar-refractivity contribution in [3.63, 3.8) is 0 Å². The number of fused-ring (bicyclic) bond motifs is 2. The molecule has 2 aliphatic carbocycles. The lowest BCUT2D eigenvalue weighted by Crippen LogP contribution is -2.56. The molecule has 3 heterocycles. The summed E-state index contributed by atoms with van der Waals surface area (Å²) in [4.78, 5) is 23.1. The number of piperazine rings is 1. The van der Waals surface area contributed by atoms with Gasteiger partial charge in [-0.05, 0) is 68.8 Å². The van der Waals surface area contributed by atoms with Crippen molar-refractivity contribution >= 4 is 17.4 Å². The highest BCUT2D eigenvalue weighted by molar-refractivity contribution is 5.97. The van der Waals surface area contributed by atoms with E-state index in [1.54, 1.807) is 0 Å². The Morgan fingerprint density at radius 1 is 1.13 bits per heavy atom. The second-order valence-electron chi connectivity index (χ2n) is 12.8. The van der Waals surface area contributed by atoms with E-state index < -0.39 is 29.7 Å². The summed E-state index contributed by atoms with van der Waals surface area (Å²) in [5.41, 5.74) is 5.19. The Morgan fingerprint density at radius 2 is 1.96 bits per heavy atom. The van der Waals surface area contributed by atoms with Crippen molar-refractivity contribution in [2.24, 2.45) is 10.9 Å². The van der Waals surface area contributed by atoms with Crippen LogP contribution in [0.1, 0.15) is 55.2 Å². The van der Waals surface area contributed by atoms with Crippen LogP contribution in [0.4, 0.5) is 8.78 Å². The van der Waals surface area contributed by atoms with Crippen molar-refractivity contribution in [1.29, 1.82) is 10.5 Å². The Bertz CT molecular complexity index is 1610. The van der Waals surface area contributed by atoms with Crippen LogP contribution in [0.3, 0.4) is 0 Å². The lowest BCUT2D eigenvalue weighted by atomic mass is 9.79. The van der Waals surface area contributed by atoms with E-state index in [9.17, 15) is 19.7 Å². The smallest absolute Gasteiger partial charge is 0.282 e. The number of ether oxygens (including phenoxy) is 1. The van der Waals surface area contributed by atoms with Gasteiger partial charge in [0, 0.05) is 48.4 Å². The predicted molar refractivity (Wildman–Crippen MR) is 171 cm³/mol. The van der Waals surface area contributed by atoms with Gasteiger partial charge < -0.3 is 19.4 Å². The zero-order valence-electron chi connectivity index (χ0n) is 26.4. The fraction of sp³-hybridized carbons (Fsp3) is 0.500. The number of rotatable bonds is 7. The van der Waals surface area contributed by atoms with E-state index in [1.807, 2.05) is 29.2 Å². The van der Waals surface area contributed by atoms with E-state index in [4.69, 9.17) is 9.73 Å². The van der Waals surface area contributed by atoms with Crippen molar-refractivity contribution < 1.29 is 18.3 Å². The first-order chi connectivity index (χ1) is 22.3. The van der Waals surface area contributed by atoms with E-state index in [1.165, 1.54) is 16.0 Å². The molecule has 2 saturated heterocycles. The lowest BCUT2D eigenvalue weighted by molar-refractivity contribution is -0.133. The van der Waals surface area contributed by atoms with E-state index in [2.05, 4.69) is 36.7 Å². The van der Waals surface area contributed by atoms with Crippen LogP contribution in [0.5, 0.6) is 0 Å². The van der Waals surface area contributed by atoms with E-state index in [0.29, 0.717) is 30.0 Å². The molecule has 10 heteroatoms. The van der Waals surface area contributed by atoms with Crippen LogP contribution >= 0.6 is 0 Å². The summed E-state index contributed by atoms with van der Waals surface area (Å²) in [6.45, 7) is 5.19. The molecule has 4 atom stereocenters. The number of carbonyl (C=O) groups excluding carboxylic acids is 1. The number of hydrogen-bond donors (Lipinski definition) is 0. The molecule has 0 N–H and O–H groups in total. The second-order valence-corrected chi connectivity index (χ2v) is 12.8. The van der Waals surface area contributed by atoms with Gasteiger partial charge in [-0.1, -0.05) is 36.9 Å². The third-order valence-electron chi connectivity index (χ3n) is 10.1. The highest BCUT2D eigenvalue weighted by atomic mass is 19.1. The number of carbonyl (C=O) groups is 1. The number of likely N-dealkylation sites (tertiary alicyclic amines) is 1. The highest BCUT2D eigenvalue weighted by Crippen LogP contribution is 2.44. The summed E-state index contributed by atoms with van der Waals surface area (Å²) < 4.78 is 37.3. The molecule has 1 aromatic rings. The molecule has 2 fully saturated rings. The lowest BCUT2D eigenvalue weighted by Gasteiger charge is -2.46. The summed E-state index contributed by atoms with van der Waals surface area (Å²) in [6, 6.07) is 9.18. The predicted octanol–water partition coefficient (Wildman–Crippen LogP) is 5.40. The van der Waals surface area contributed by atoms with Gasteiger partial charge in [-0.3, -0.25) is 4.79 Å². The summed E-state index contributed by atoms with van der Waals surface area (Å²) in [5.74, 6) is -2.49. The van der Waals surface area contributed by atoms with Gasteiger partial charge in [-0.25, -0.2) is 13.8 Å². The summed E-state index contributed by atoms with van der Waals surface area (Å²) in [6.07, 6.45) is 9.94. The average molecular weight is 627 g/mol. The SMILES string of the molecule is C=C(F)C(=O)N1CCN(C2=C(CC#N)C(OCC3CCCN3C)=NC3C(F)=C(c4cccc5c4CCCC5)C=CC23)CC1CC#N. The molecular weight excluding hydrogens is 586 g/mol. The Hall–Kier alpha value is -4.28. The first-order valence-electron chi connectivity index (χ1n) is 16.3. The molecule has 6 rings (SSSR count). The maximum Gasteiger partial charge on any atom is 0.282 e. The number of benzene rings is 1. The van der Waals surface area contributed by atoms with Crippen LogP contribution in [0.2, 0.25) is 0 Å². The highest BCUT2D eigenvalue weighted by Gasteiger charge is 2.43. The Morgan fingerprint density at radius 3 is 2.70 bits per heavy atom. The maximum absolute atomic E-state index is 16.9. The molecule has 1 amide bonds. The second kappa shape index (κ2) is 13.6. The van der Waals surface area contributed by atoms with Gasteiger partial charge in [0.15, 0.2) is 5.83 Å². The molecule has 240 valence electrons. The quantitative estimate of drug-likeness (QED) is 0.376. The fourth-order valence-corrected chi connectivity index (χ4v) is 7.76. The fourth-order valence-electron chi connectivity index (χ4n) is 7.76. The molecule has 1 aromatic carbocycles. The van der Waals surface area contributed by atoms with Gasteiger partial charge in [0.25, 0.3) is 5.91 Å². The number of allylic oxidation sites excluding steroid dienone is 2. The number of aryl methyl sites for hydroxylation is 1. The van der Waals surface area contributed by atoms with Crippen molar-refractivity contribution in [3.8, 4) is 12.1 Å². The topological polar surface area (TPSA) is 96.0 Å². The average Bonchev–Trinajstić information content (AvgIpc) is 3.48. The third kappa shape index (κ3) is 5.99. The number of aliphatic imine (C=N–C) groups is 1. The number of nitriles is 2. The normalized spacial score (nSPS) is 26.2. The zero-order chi connectivity index (χ0) is 32.4. The summed E-state index contributed by atoms with van der Waals surface area (Å²) in [7, 11) is 2.06. The van der Waals surface area contributed by atoms with Crippen LogP contribution < -0.4 is 0 Å². The van der Waals surface area contributed by atoms with Crippen molar-refractivity contribution in [3.05, 3.63) is 76.5 Å². The number of nitrogens with zero attached hydrogens (tertiary/aromatic N) is 6. The van der Waals surface area contributed by atoms with Crippen molar-refractivity contribution in [2.75, 3.05) is 39.8 Å². The monoisotopic (exact) mass is 626 g/mol. The minimum atomic E-state index is -1.07. The molecule has 4 unspecified atom stereocenters. The standard InChI is InChI=1S/C36H40F2N6O2/c1-23(37)36(45)44-20-19-43(21-25(44)14-16-39)34-30-13-12-29(28-11-5-8-24-7-3-4-10-27(24)28)32(38)33(30)41-35(31(34)15-17-40)46-22-26-9-6-18-42(26)2/h5,8,11-13,25-26,30,33H,1,3-4,6-7,9-10,14-15,18-22H2,2H3. The minimum absolute atomic E-state index is 0.000532. The van der Waals surface area contributed by atoms with Crippen LogP contribution in [0, 0.1) is 28.6 Å². The van der Waals surface area contributed by atoms with Crippen LogP contribution in [-0.2, 0) is 22.4 Å². The Balaban J connectivity index is 1.41. The number of amides is 1. The van der Waals surface area contributed by atoms with Crippen molar-refractivity contribution in [2.45, 2.75) is 69.5 Å². The first kappa shape index (κ1) is 31.7. The Kier molecular flexibility index (Phi) is 9.37. The van der Waals surface area contributed by atoms with Crippen molar-refractivity contribution in [1.82, 2.24) is 14.7 Å². The van der Waals surface area contributed by atoms with Gasteiger partial charge in [0.2, 0.25) is 5.90 Å². The summed E-state index contributed by atoms with van der Waals surface area (Å²) >= 11 is 0. The van der Waals surface area contributed by atoms with Crippen LogP contribution in [0.25, 0.3) is 5.57 Å². The molecule has 0 bridgehead atoms. The van der Waals surface area contributed by atoms with Gasteiger partial charge in [-0.15, -0.1) is 0 Å². The van der Waals surface area contributed by atoms with Crippen LogP contribution in [0.15, 0.2) is 64.8 Å². The molecule has 0 aromatic heterocycles. The molecule has 46 heavy (non-hydrogen) atoms. The Labute approximate surface area is 269 Å². The molecule has 5 aliphatic rings. The zero-order valence-corrected chi connectivity index (χ0v) is 26.4. The number of hydrogen-bond acceptors (Lipinski definition) is 7.